The lowest BCUT2D eigenvalue weighted by Crippen LogP contribution is -2.11. The fourth-order valence-electron chi connectivity index (χ4n) is 2.63. The van der Waals surface area contributed by atoms with Crippen LogP contribution in [0.5, 0.6) is 0 Å². The lowest BCUT2D eigenvalue weighted by molar-refractivity contribution is 0.0965. The molecule has 24 heavy (non-hydrogen) atoms. The van der Waals surface area contributed by atoms with Gasteiger partial charge >= 0.3 is 0 Å². The molecule has 3 rings (SSSR count). The quantitative estimate of drug-likeness (QED) is 0.644. The van der Waals surface area contributed by atoms with E-state index in [0.717, 1.165) is 18.2 Å². The molecule has 0 spiro atoms. The first-order valence-electron chi connectivity index (χ1n) is 7.14. The van der Waals surface area contributed by atoms with E-state index in [1.54, 1.807) is 18.2 Å². The van der Waals surface area contributed by atoms with Crippen LogP contribution in [-0.4, -0.2) is 16.1 Å². The van der Waals surface area contributed by atoms with Gasteiger partial charge in [0, 0.05) is 22.2 Å². The molecular weight excluding hydrogens is 336 g/mol. The molecule has 6 heteroatoms. The average molecular weight is 348 g/mol. The summed E-state index contributed by atoms with van der Waals surface area (Å²) in [5.74, 6) is -2.24. The molecule has 0 saturated heterocycles. The van der Waals surface area contributed by atoms with Crippen molar-refractivity contribution in [3.8, 4) is 0 Å². The summed E-state index contributed by atoms with van der Waals surface area (Å²) in [5.41, 5.74) is 0.690. The Hall–Kier alpha value is -2.53. The molecule has 0 fully saturated rings. The standard InChI is InChI=1S/C18H12ClF2NO2/c1-10(23)15-8-22(17-6-11(19)2-4-13(15)17)9-18(24)14-7-12(20)3-5-16(14)21/h2-8H,9H2,1H3. The fraction of sp³-hybridized carbons (Fsp3) is 0.111. The zero-order chi connectivity index (χ0) is 17.4. The second kappa shape index (κ2) is 6.17. The molecule has 3 nitrogen and oxygen atoms in total. The zero-order valence-corrected chi connectivity index (χ0v) is 13.4. The molecule has 0 radical (unpaired) electrons. The topological polar surface area (TPSA) is 39.1 Å². The molecule has 0 saturated carbocycles. The van der Waals surface area contributed by atoms with Crippen molar-refractivity contribution in [3.63, 3.8) is 0 Å². The lowest BCUT2D eigenvalue weighted by Gasteiger charge is -2.06. The number of benzene rings is 2. The Morgan fingerprint density at radius 2 is 1.83 bits per heavy atom. The van der Waals surface area contributed by atoms with Crippen LogP contribution in [0.3, 0.4) is 0 Å². The van der Waals surface area contributed by atoms with E-state index in [-0.39, 0.29) is 17.9 Å². The van der Waals surface area contributed by atoms with E-state index in [0.29, 0.717) is 21.5 Å². The molecule has 122 valence electrons. The number of hydrogen-bond acceptors (Lipinski definition) is 2. The Kier molecular flexibility index (Phi) is 4.20. The van der Waals surface area contributed by atoms with Gasteiger partial charge in [-0.15, -0.1) is 0 Å². The molecule has 0 amide bonds. The summed E-state index contributed by atoms with van der Waals surface area (Å²) in [4.78, 5) is 24.1. The van der Waals surface area contributed by atoms with Crippen LogP contribution in [0.1, 0.15) is 27.6 Å². The van der Waals surface area contributed by atoms with Gasteiger partial charge in [0.25, 0.3) is 0 Å². The van der Waals surface area contributed by atoms with Gasteiger partial charge in [0.2, 0.25) is 0 Å². The minimum atomic E-state index is -0.789. The summed E-state index contributed by atoms with van der Waals surface area (Å²) in [6, 6.07) is 7.69. The van der Waals surface area contributed by atoms with Gasteiger partial charge in [-0.1, -0.05) is 17.7 Å². The van der Waals surface area contributed by atoms with Crippen molar-refractivity contribution in [3.05, 3.63) is 70.4 Å². The van der Waals surface area contributed by atoms with Crippen molar-refractivity contribution in [2.45, 2.75) is 13.5 Å². The largest absolute Gasteiger partial charge is 0.339 e. The number of hydrogen-bond donors (Lipinski definition) is 0. The van der Waals surface area contributed by atoms with Gasteiger partial charge in [-0.3, -0.25) is 9.59 Å². The molecule has 0 aliphatic rings. The van der Waals surface area contributed by atoms with E-state index in [1.165, 1.54) is 17.7 Å². The maximum Gasteiger partial charge on any atom is 0.185 e. The highest BCUT2D eigenvalue weighted by Crippen LogP contribution is 2.26. The number of fused-ring (bicyclic) bond motifs is 1. The van der Waals surface area contributed by atoms with Crippen LogP contribution in [0.4, 0.5) is 8.78 Å². The minimum Gasteiger partial charge on any atom is -0.339 e. The van der Waals surface area contributed by atoms with Gasteiger partial charge < -0.3 is 4.57 Å². The highest BCUT2D eigenvalue weighted by Gasteiger charge is 2.17. The minimum absolute atomic E-state index is 0.162. The van der Waals surface area contributed by atoms with Gasteiger partial charge in [-0.05, 0) is 37.3 Å². The number of carbonyl (C=O) groups is 2. The summed E-state index contributed by atoms with van der Waals surface area (Å²) in [6.45, 7) is 1.19. The Bertz CT molecular complexity index is 979. The van der Waals surface area contributed by atoms with E-state index in [4.69, 9.17) is 11.6 Å². The summed E-state index contributed by atoms with van der Waals surface area (Å²) in [5, 5.41) is 1.10. The SMILES string of the molecule is CC(=O)c1cn(CC(=O)c2cc(F)ccc2F)c2cc(Cl)ccc12. The molecule has 1 aromatic heterocycles. The number of Topliss-reactive ketones (excluding diaryl/α,β-unsaturated/α-hetero) is 2. The molecule has 2 aromatic carbocycles. The van der Waals surface area contributed by atoms with Gasteiger partial charge in [0.15, 0.2) is 11.6 Å². The first kappa shape index (κ1) is 16.3. The van der Waals surface area contributed by atoms with E-state index in [1.807, 2.05) is 0 Å². The molecule has 3 aromatic rings. The van der Waals surface area contributed by atoms with Crippen LogP contribution in [-0.2, 0) is 6.54 Å². The summed E-state index contributed by atoms with van der Waals surface area (Å²) in [7, 11) is 0. The monoisotopic (exact) mass is 347 g/mol. The first-order valence-corrected chi connectivity index (χ1v) is 7.52. The highest BCUT2D eigenvalue weighted by atomic mass is 35.5. The van der Waals surface area contributed by atoms with Crippen LogP contribution >= 0.6 is 11.6 Å². The average Bonchev–Trinajstić information content (AvgIpc) is 2.88. The fourth-order valence-corrected chi connectivity index (χ4v) is 2.79. The second-order valence-electron chi connectivity index (χ2n) is 5.44. The Labute approximate surface area is 141 Å². The van der Waals surface area contributed by atoms with Crippen molar-refractivity contribution >= 4 is 34.1 Å². The van der Waals surface area contributed by atoms with Gasteiger partial charge in [0.05, 0.1) is 17.6 Å². The Morgan fingerprint density at radius 1 is 1.08 bits per heavy atom. The van der Waals surface area contributed by atoms with Crippen molar-refractivity contribution in [1.29, 1.82) is 0 Å². The van der Waals surface area contributed by atoms with Crippen molar-refractivity contribution in [2.24, 2.45) is 0 Å². The third-order valence-corrected chi connectivity index (χ3v) is 4.00. The maximum absolute atomic E-state index is 13.8. The van der Waals surface area contributed by atoms with Gasteiger partial charge in [0.1, 0.15) is 11.6 Å². The number of rotatable bonds is 4. The third-order valence-electron chi connectivity index (χ3n) is 3.77. The van der Waals surface area contributed by atoms with Crippen LogP contribution in [0.25, 0.3) is 10.9 Å². The summed E-state index contributed by atoms with van der Waals surface area (Å²) >= 11 is 5.99. The summed E-state index contributed by atoms with van der Waals surface area (Å²) < 4.78 is 28.6. The van der Waals surface area contributed by atoms with Gasteiger partial charge in [-0.25, -0.2) is 8.78 Å². The number of ketones is 2. The predicted molar refractivity (Wildman–Crippen MR) is 87.6 cm³/mol. The van der Waals surface area contributed by atoms with Crippen LogP contribution in [0.2, 0.25) is 5.02 Å². The molecule has 0 bridgehead atoms. The highest BCUT2D eigenvalue weighted by molar-refractivity contribution is 6.31. The summed E-state index contributed by atoms with van der Waals surface area (Å²) in [6.07, 6.45) is 1.53. The Balaban J connectivity index is 2.06. The van der Waals surface area contributed by atoms with E-state index < -0.39 is 17.4 Å². The molecule has 0 N–H and O–H groups in total. The third kappa shape index (κ3) is 2.95. The number of nitrogens with zero attached hydrogens (tertiary/aromatic N) is 1. The molecular formula is C18H12ClF2NO2. The maximum atomic E-state index is 13.8. The van der Waals surface area contributed by atoms with Crippen LogP contribution in [0.15, 0.2) is 42.6 Å². The van der Waals surface area contributed by atoms with Crippen LogP contribution < -0.4 is 0 Å². The number of halogens is 3. The molecule has 0 atom stereocenters. The molecule has 0 aliphatic heterocycles. The number of carbonyl (C=O) groups excluding carboxylic acids is 2. The predicted octanol–water partition coefficient (Wildman–Crippen LogP) is 4.66. The van der Waals surface area contributed by atoms with Gasteiger partial charge in [-0.2, -0.15) is 0 Å². The van der Waals surface area contributed by atoms with Crippen molar-refractivity contribution in [1.82, 2.24) is 4.57 Å². The van der Waals surface area contributed by atoms with Crippen LogP contribution in [0, 0.1) is 11.6 Å². The Morgan fingerprint density at radius 3 is 2.54 bits per heavy atom. The molecule has 0 unspecified atom stereocenters. The van der Waals surface area contributed by atoms with E-state index in [2.05, 4.69) is 0 Å². The zero-order valence-electron chi connectivity index (χ0n) is 12.6. The van der Waals surface area contributed by atoms with Crippen molar-refractivity contribution in [2.75, 3.05) is 0 Å². The van der Waals surface area contributed by atoms with Crippen molar-refractivity contribution < 1.29 is 18.4 Å². The normalized spacial score (nSPS) is 11.0. The first-order chi connectivity index (χ1) is 11.4. The number of aromatic nitrogens is 1. The molecule has 1 heterocycles. The second-order valence-corrected chi connectivity index (χ2v) is 5.87. The van der Waals surface area contributed by atoms with E-state index in [9.17, 15) is 18.4 Å². The lowest BCUT2D eigenvalue weighted by atomic mass is 10.1. The van der Waals surface area contributed by atoms with E-state index >= 15 is 0 Å². The smallest absolute Gasteiger partial charge is 0.185 e. The molecule has 0 aliphatic carbocycles.